The van der Waals surface area contributed by atoms with Gasteiger partial charge in [0, 0.05) is 31.6 Å². The number of hydrogen-bond acceptors (Lipinski definition) is 5. The lowest BCUT2D eigenvalue weighted by molar-refractivity contribution is 0.0962. The highest BCUT2D eigenvalue weighted by molar-refractivity contribution is 5.98. The van der Waals surface area contributed by atoms with Gasteiger partial charge in [-0.2, -0.15) is 0 Å². The van der Waals surface area contributed by atoms with E-state index in [-0.39, 0.29) is 17.5 Å². The lowest BCUT2D eigenvalue weighted by Gasteiger charge is -2.33. The third kappa shape index (κ3) is 4.18. The number of aromatic nitrogens is 2. The van der Waals surface area contributed by atoms with Crippen LogP contribution in [0.4, 0.5) is 5.95 Å². The fourth-order valence-electron chi connectivity index (χ4n) is 4.92. The van der Waals surface area contributed by atoms with Crippen molar-refractivity contribution in [1.29, 1.82) is 0 Å². The molecule has 5 nitrogen and oxygen atoms in total. The number of hydrogen-bond donors (Lipinski definition) is 1. The van der Waals surface area contributed by atoms with Crippen molar-refractivity contribution in [2.75, 3.05) is 18.0 Å². The van der Waals surface area contributed by atoms with Crippen LogP contribution in [-0.2, 0) is 12.8 Å². The lowest BCUT2D eigenvalue weighted by atomic mass is 9.82. The number of phenols is 1. The number of benzene rings is 2. The van der Waals surface area contributed by atoms with Gasteiger partial charge in [0.1, 0.15) is 5.75 Å². The van der Waals surface area contributed by atoms with Crippen LogP contribution >= 0.6 is 0 Å². The normalized spacial score (nSPS) is 19.3. The molecule has 1 aliphatic heterocycles. The number of anilines is 1. The first-order valence-electron chi connectivity index (χ1n) is 11.1. The predicted molar refractivity (Wildman–Crippen MR) is 121 cm³/mol. The Morgan fingerprint density at radius 2 is 1.71 bits per heavy atom. The summed E-state index contributed by atoms with van der Waals surface area (Å²) in [4.78, 5) is 24.3. The van der Waals surface area contributed by atoms with Gasteiger partial charge in [0.05, 0.1) is 11.3 Å². The van der Waals surface area contributed by atoms with Gasteiger partial charge in [0.15, 0.2) is 5.78 Å². The zero-order valence-electron chi connectivity index (χ0n) is 17.6. The van der Waals surface area contributed by atoms with Crippen molar-refractivity contribution < 1.29 is 9.90 Å². The van der Waals surface area contributed by atoms with Crippen LogP contribution in [0.25, 0.3) is 0 Å². The molecule has 0 bridgehead atoms. The zero-order valence-corrected chi connectivity index (χ0v) is 17.6. The van der Waals surface area contributed by atoms with Gasteiger partial charge in [-0.25, -0.2) is 9.97 Å². The van der Waals surface area contributed by atoms with Crippen molar-refractivity contribution in [3.63, 3.8) is 0 Å². The van der Waals surface area contributed by atoms with Crippen molar-refractivity contribution in [3.8, 4) is 5.75 Å². The first kappa shape index (κ1) is 19.7. The van der Waals surface area contributed by atoms with E-state index in [1.54, 1.807) is 18.3 Å². The average molecular weight is 414 g/mol. The average Bonchev–Trinajstić information content (AvgIpc) is 2.80. The predicted octanol–water partition coefficient (Wildman–Crippen LogP) is 4.55. The Hall–Kier alpha value is -3.21. The van der Waals surface area contributed by atoms with Crippen LogP contribution in [0.2, 0.25) is 0 Å². The van der Waals surface area contributed by atoms with E-state index in [9.17, 15) is 9.90 Å². The van der Waals surface area contributed by atoms with Crippen molar-refractivity contribution in [2.24, 2.45) is 5.92 Å². The molecule has 0 amide bonds. The van der Waals surface area contributed by atoms with Crippen molar-refractivity contribution >= 4 is 11.7 Å². The third-order valence-corrected chi connectivity index (χ3v) is 6.67. The van der Waals surface area contributed by atoms with E-state index >= 15 is 0 Å². The standard InChI is InChI=1S/C26H27N3O2/c30-24-9-5-4-8-21(24)20-15-23-22(25(31)16-20)17-27-26(28-23)29-12-10-19(11-13-29)14-18-6-2-1-3-7-18/h1-9,17,19-20,30H,10-16H2/t20-/m0/s1. The second kappa shape index (κ2) is 8.50. The quantitative estimate of drug-likeness (QED) is 0.679. The van der Waals surface area contributed by atoms with Gasteiger partial charge in [0.2, 0.25) is 5.95 Å². The molecule has 0 radical (unpaired) electrons. The highest BCUT2D eigenvalue weighted by atomic mass is 16.3. The summed E-state index contributed by atoms with van der Waals surface area (Å²) < 4.78 is 0. The number of fused-ring (bicyclic) bond motifs is 1. The minimum atomic E-state index is -0.0411. The number of Topliss-reactive ketones (excluding diaryl/α,β-unsaturated/α-hetero) is 1. The molecule has 158 valence electrons. The van der Waals surface area contributed by atoms with Gasteiger partial charge in [-0.05, 0) is 48.8 Å². The summed E-state index contributed by atoms with van der Waals surface area (Å²) in [6.45, 7) is 1.88. The lowest BCUT2D eigenvalue weighted by Crippen LogP contribution is -2.36. The first-order valence-corrected chi connectivity index (χ1v) is 11.1. The van der Waals surface area contributed by atoms with Crippen LogP contribution in [0.1, 0.15) is 52.4 Å². The number of rotatable bonds is 4. The maximum atomic E-state index is 12.7. The Bertz CT molecular complexity index is 1080. The van der Waals surface area contributed by atoms with Crippen LogP contribution in [0, 0.1) is 5.92 Å². The van der Waals surface area contributed by atoms with Gasteiger partial charge < -0.3 is 10.0 Å². The van der Waals surface area contributed by atoms with E-state index in [1.165, 1.54) is 5.56 Å². The maximum Gasteiger partial charge on any atom is 0.225 e. The highest BCUT2D eigenvalue weighted by Gasteiger charge is 2.30. The van der Waals surface area contributed by atoms with Crippen LogP contribution in [0.5, 0.6) is 5.75 Å². The second-order valence-electron chi connectivity index (χ2n) is 8.74. The maximum absolute atomic E-state index is 12.7. The molecule has 2 heterocycles. The molecular formula is C26H27N3O2. The molecule has 31 heavy (non-hydrogen) atoms. The third-order valence-electron chi connectivity index (χ3n) is 6.67. The summed E-state index contributed by atoms with van der Waals surface area (Å²) in [6.07, 6.45) is 6.11. The molecular weight excluding hydrogens is 386 g/mol. The van der Waals surface area contributed by atoms with Gasteiger partial charge in [-0.1, -0.05) is 48.5 Å². The summed E-state index contributed by atoms with van der Waals surface area (Å²) in [5.74, 6) is 1.67. The Balaban J connectivity index is 1.29. The van der Waals surface area contributed by atoms with Gasteiger partial charge in [0.25, 0.3) is 0 Å². The minimum Gasteiger partial charge on any atom is -0.508 e. The molecule has 1 aliphatic carbocycles. The van der Waals surface area contributed by atoms with Crippen LogP contribution < -0.4 is 4.90 Å². The summed E-state index contributed by atoms with van der Waals surface area (Å²) in [5, 5.41) is 10.2. The van der Waals surface area contributed by atoms with Gasteiger partial charge in [-0.15, -0.1) is 0 Å². The van der Waals surface area contributed by atoms with Crippen molar-refractivity contribution in [3.05, 3.63) is 83.2 Å². The molecule has 3 aromatic rings. The Kier molecular flexibility index (Phi) is 5.41. The summed E-state index contributed by atoms with van der Waals surface area (Å²) in [7, 11) is 0. The Morgan fingerprint density at radius 1 is 0.968 bits per heavy atom. The summed E-state index contributed by atoms with van der Waals surface area (Å²) in [5.41, 5.74) is 3.67. The second-order valence-corrected chi connectivity index (χ2v) is 8.74. The van der Waals surface area contributed by atoms with Crippen molar-refractivity contribution in [1.82, 2.24) is 9.97 Å². The fraction of sp³-hybridized carbons (Fsp3) is 0.346. The summed E-state index contributed by atoms with van der Waals surface area (Å²) in [6, 6.07) is 18.0. The minimum absolute atomic E-state index is 0.0411. The Morgan fingerprint density at radius 3 is 2.48 bits per heavy atom. The van der Waals surface area contributed by atoms with E-state index in [0.29, 0.717) is 24.3 Å². The molecule has 1 atom stereocenters. The number of piperidine rings is 1. The van der Waals surface area contributed by atoms with E-state index in [2.05, 4.69) is 40.2 Å². The van der Waals surface area contributed by atoms with E-state index in [0.717, 1.165) is 49.6 Å². The molecule has 1 N–H and O–H groups in total. The van der Waals surface area contributed by atoms with Crippen LogP contribution in [0.15, 0.2) is 60.8 Å². The molecule has 0 spiro atoms. The van der Waals surface area contributed by atoms with Crippen molar-refractivity contribution in [2.45, 2.75) is 38.0 Å². The zero-order chi connectivity index (χ0) is 21.2. The number of carbonyl (C=O) groups excluding carboxylic acids is 1. The molecule has 0 unspecified atom stereocenters. The number of ketones is 1. The molecule has 1 saturated heterocycles. The fourth-order valence-corrected chi connectivity index (χ4v) is 4.92. The largest absolute Gasteiger partial charge is 0.508 e. The van der Waals surface area contributed by atoms with Crippen LogP contribution in [-0.4, -0.2) is 33.9 Å². The van der Waals surface area contributed by atoms with E-state index in [4.69, 9.17) is 4.98 Å². The smallest absolute Gasteiger partial charge is 0.225 e. The topological polar surface area (TPSA) is 66.3 Å². The molecule has 2 aromatic carbocycles. The van der Waals surface area contributed by atoms with Gasteiger partial charge in [-0.3, -0.25) is 4.79 Å². The van der Waals surface area contributed by atoms with Crippen LogP contribution in [0.3, 0.4) is 0 Å². The monoisotopic (exact) mass is 413 g/mol. The molecule has 5 rings (SSSR count). The highest BCUT2D eigenvalue weighted by Crippen LogP contribution is 2.36. The van der Waals surface area contributed by atoms with E-state index < -0.39 is 0 Å². The number of nitrogens with zero attached hydrogens (tertiary/aromatic N) is 3. The number of carbonyl (C=O) groups is 1. The van der Waals surface area contributed by atoms with E-state index in [1.807, 2.05) is 12.1 Å². The SMILES string of the molecule is O=C1C[C@@H](c2ccccc2O)Cc2nc(N3CCC(Cc4ccccc4)CC3)ncc21. The summed E-state index contributed by atoms with van der Waals surface area (Å²) >= 11 is 0. The molecule has 1 fully saturated rings. The first-order chi connectivity index (χ1) is 15.2. The Labute approximate surface area is 182 Å². The van der Waals surface area contributed by atoms with Gasteiger partial charge >= 0.3 is 0 Å². The molecule has 2 aliphatic rings. The molecule has 0 saturated carbocycles. The molecule has 5 heteroatoms. The number of para-hydroxylation sites is 1. The molecule has 1 aromatic heterocycles. The number of aromatic hydroxyl groups is 1. The number of phenolic OH excluding ortho intramolecular Hbond substituents is 1.